The van der Waals surface area contributed by atoms with E-state index in [-0.39, 0.29) is 5.91 Å². The number of amides is 1. The number of thiophene rings is 1. The fourth-order valence-corrected chi connectivity index (χ4v) is 2.72. The van der Waals surface area contributed by atoms with Crippen LogP contribution in [0.1, 0.15) is 17.4 Å². The van der Waals surface area contributed by atoms with Gasteiger partial charge in [0.05, 0.1) is 6.21 Å². The summed E-state index contributed by atoms with van der Waals surface area (Å²) in [6.45, 7) is 3.68. The van der Waals surface area contributed by atoms with Gasteiger partial charge < -0.3 is 4.74 Å². The quantitative estimate of drug-likeness (QED) is 0.647. The van der Waals surface area contributed by atoms with Crippen LogP contribution in [-0.2, 0) is 4.79 Å². The monoisotopic (exact) mass is 366 g/mol. The van der Waals surface area contributed by atoms with Gasteiger partial charge in [-0.15, -0.1) is 11.3 Å². The van der Waals surface area contributed by atoms with Crippen molar-refractivity contribution in [2.24, 2.45) is 5.10 Å². The molecule has 1 aromatic carbocycles. The standard InChI is InChI=1S/C15H15BrN2O2S/c1-10-6-7-21-14(10)9-17-18-15(19)11(2)20-13-5-3-4-12(16)8-13/h3-9,11H,1-2H3,(H,18,19)/b17-9-/t11-/m1/s1. The summed E-state index contributed by atoms with van der Waals surface area (Å²) in [5, 5.41) is 5.94. The SMILES string of the molecule is Cc1ccsc1/C=N\NC(=O)[C@@H](C)Oc1cccc(Br)c1. The predicted octanol–water partition coefficient (Wildman–Crippen LogP) is 3.74. The minimum absolute atomic E-state index is 0.291. The summed E-state index contributed by atoms with van der Waals surface area (Å²) in [4.78, 5) is 12.9. The summed E-state index contributed by atoms with van der Waals surface area (Å²) in [7, 11) is 0. The van der Waals surface area contributed by atoms with Crippen molar-refractivity contribution >= 4 is 39.4 Å². The number of hydrazone groups is 1. The highest BCUT2D eigenvalue weighted by atomic mass is 79.9. The molecule has 2 aromatic rings. The van der Waals surface area contributed by atoms with E-state index in [1.165, 1.54) is 0 Å². The topological polar surface area (TPSA) is 50.7 Å². The average molecular weight is 367 g/mol. The van der Waals surface area contributed by atoms with E-state index in [0.717, 1.165) is 14.9 Å². The molecule has 0 aliphatic rings. The lowest BCUT2D eigenvalue weighted by molar-refractivity contribution is -0.127. The van der Waals surface area contributed by atoms with Crippen LogP contribution in [0.3, 0.4) is 0 Å². The third kappa shape index (κ3) is 4.68. The molecule has 1 N–H and O–H groups in total. The summed E-state index contributed by atoms with van der Waals surface area (Å²) in [5.74, 6) is 0.338. The lowest BCUT2D eigenvalue weighted by Gasteiger charge is -2.12. The molecule has 1 amide bonds. The Bertz CT molecular complexity index is 655. The third-order valence-electron chi connectivity index (χ3n) is 2.74. The number of carbonyl (C=O) groups excluding carboxylic acids is 1. The molecule has 0 radical (unpaired) electrons. The van der Waals surface area contributed by atoms with E-state index in [1.807, 2.05) is 36.6 Å². The van der Waals surface area contributed by atoms with Crippen molar-refractivity contribution in [3.8, 4) is 5.75 Å². The van der Waals surface area contributed by atoms with Crippen molar-refractivity contribution in [3.63, 3.8) is 0 Å². The lowest BCUT2D eigenvalue weighted by atomic mass is 10.3. The molecule has 6 heteroatoms. The van der Waals surface area contributed by atoms with Gasteiger partial charge in [-0.2, -0.15) is 5.10 Å². The number of benzene rings is 1. The highest BCUT2D eigenvalue weighted by Gasteiger charge is 2.13. The second kappa shape index (κ2) is 7.38. The van der Waals surface area contributed by atoms with E-state index >= 15 is 0 Å². The summed E-state index contributed by atoms with van der Waals surface area (Å²) in [5.41, 5.74) is 3.62. The Kier molecular flexibility index (Phi) is 5.52. The zero-order chi connectivity index (χ0) is 15.2. The van der Waals surface area contributed by atoms with Crippen LogP contribution in [0.15, 0.2) is 45.3 Å². The molecule has 0 saturated carbocycles. The number of rotatable bonds is 5. The normalized spacial score (nSPS) is 12.3. The first-order chi connectivity index (χ1) is 10.1. The van der Waals surface area contributed by atoms with Gasteiger partial charge in [-0.05, 0) is 49.1 Å². The zero-order valence-corrected chi connectivity index (χ0v) is 14.1. The van der Waals surface area contributed by atoms with Crippen molar-refractivity contribution in [3.05, 3.63) is 50.6 Å². The molecule has 0 aliphatic carbocycles. The first-order valence-corrected chi connectivity index (χ1v) is 8.03. The van der Waals surface area contributed by atoms with Gasteiger partial charge in [0.2, 0.25) is 0 Å². The Balaban J connectivity index is 1.88. The van der Waals surface area contributed by atoms with Gasteiger partial charge >= 0.3 is 0 Å². The summed E-state index contributed by atoms with van der Waals surface area (Å²) >= 11 is 4.93. The third-order valence-corrected chi connectivity index (χ3v) is 4.18. The van der Waals surface area contributed by atoms with E-state index in [2.05, 4.69) is 26.5 Å². The number of carbonyl (C=O) groups is 1. The van der Waals surface area contributed by atoms with Gasteiger partial charge in [-0.3, -0.25) is 4.79 Å². The smallest absolute Gasteiger partial charge is 0.280 e. The first kappa shape index (κ1) is 15.7. The van der Waals surface area contributed by atoms with Crippen LogP contribution in [-0.4, -0.2) is 18.2 Å². The maximum absolute atomic E-state index is 11.9. The summed E-state index contributed by atoms with van der Waals surface area (Å²) < 4.78 is 6.46. The van der Waals surface area contributed by atoms with E-state index < -0.39 is 6.10 Å². The molecule has 0 fully saturated rings. The van der Waals surface area contributed by atoms with Crippen LogP contribution in [0.5, 0.6) is 5.75 Å². The molecule has 2 rings (SSSR count). The molecule has 0 unspecified atom stereocenters. The number of nitrogens with zero attached hydrogens (tertiary/aromatic N) is 1. The molecule has 1 atom stereocenters. The molecule has 0 saturated heterocycles. The maximum Gasteiger partial charge on any atom is 0.280 e. The number of halogens is 1. The zero-order valence-electron chi connectivity index (χ0n) is 11.7. The minimum Gasteiger partial charge on any atom is -0.481 e. The molecule has 0 bridgehead atoms. The molecule has 110 valence electrons. The molecular formula is C15H15BrN2O2S. The molecular weight excluding hydrogens is 352 g/mol. The van der Waals surface area contributed by atoms with Gasteiger partial charge in [0.1, 0.15) is 5.75 Å². The minimum atomic E-state index is -0.624. The molecule has 4 nitrogen and oxygen atoms in total. The fraction of sp³-hybridized carbons (Fsp3) is 0.200. The van der Waals surface area contributed by atoms with Gasteiger partial charge in [0.15, 0.2) is 6.10 Å². The highest BCUT2D eigenvalue weighted by Crippen LogP contribution is 2.18. The van der Waals surface area contributed by atoms with Crippen molar-refractivity contribution < 1.29 is 9.53 Å². The van der Waals surface area contributed by atoms with Crippen molar-refractivity contribution in [2.75, 3.05) is 0 Å². The Morgan fingerprint density at radius 2 is 2.29 bits per heavy atom. The van der Waals surface area contributed by atoms with Crippen LogP contribution in [0.4, 0.5) is 0 Å². The second-order valence-electron chi connectivity index (χ2n) is 4.42. The average Bonchev–Trinajstić information content (AvgIpc) is 2.84. The van der Waals surface area contributed by atoms with Crippen LogP contribution in [0.2, 0.25) is 0 Å². The van der Waals surface area contributed by atoms with Gasteiger partial charge in [0, 0.05) is 9.35 Å². The number of hydrogen-bond donors (Lipinski definition) is 1. The molecule has 1 aromatic heterocycles. The van der Waals surface area contributed by atoms with Crippen molar-refractivity contribution in [1.82, 2.24) is 5.43 Å². The Morgan fingerprint density at radius 1 is 1.48 bits per heavy atom. The number of nitrogens with one attached hydrogen (secondary N) is 1. The van der Waals surface area contributed by atoms with E-state index in [0.29, 0.717) is 5.75 Å². The Labute approximate surface area is 136 Å². The Morgan fingerprint density at radius 3 is 2.95 bits per heavy atom. The van der Waals surface area contributed by atoms with E-state index in [4.69, 9.17) is 4.74 Å². The molecule has 0 aliphatic heterocycles. The maximum atomic E-state index is 11.9. The van der Waals surface area contributed by atoms with Crippen molar-refractivity contribution in [2.45, 2.75) is 20.0 Å². The molecule has 1 heterocycles. The van der Waals surface area contributed by atoms with Crippen LogP contribution in [0.25, 0.3) is 0 Å². The largest absolute Gasteiger partial charge is 0.481 e. The predicted molar refractivity (Wildman–Crippen MR) is 89.0 cm³/mol. The lowest BCUT2D eigenvalue weighted by Crippen LogP contribution is -2.33. The van der Waals surface area contributed by atoms with Crippen LogP contribution in [0, 0.1) is 6.92 Å². The van der Waals surface area contributed by atoms with Gasteiger partial charge in [-0.1, -0.05) is 22.0 Å². The second-order valence-corrected chi connectivity index (χ2v) is 6.28. The number of hydrogen-bond acceptors (Lipinski definition) is 4. The molecule has 0 spiro atoms. The number of ether oxygens (including phenoxy) is 1. The van der Waals surface area contributed by atoms with Gasteiger partial charge in [0.25, 0.3) is 5.91 Å². The summed E-state index contributed by atoms with van der Waals surface area (Å²) in [6, 6.07) is 9.36. The summed E-state index contributed by atoms with van der Waals surface area (Å²) in [6.07, 6.45) is 1.02. The highest BCUT2D eigenvalue weighted by molar-refractivity contribution is 9.10. The van der Waals surface area contributed by atoms with Crippen LogP contribution >= 0.6 is 27.3 Å². The Hall–Kier alpha value is -1.66. The van der Waals surface area contributed by atoms with E-state index in [9.17, 15) is 4.79 Å². The fourth-order valence-electron chi connectivity index (χ4n) is 1.56. The van der Waals surface area contributed by atoms with E-state index in [1.54, 1.807) is 30.5 Å². The van der Waals surface area contributed by atoms with Gasteiger partial charge in [-0.25, -0.2) is 5.43 Å². The number of aryl methyl sites for hydroxylation is 1. The first-order valence-electron chi connectivity index (χ1n) is 6.35. The van der Waals surface area contributed by atoms with Crippen molar-refractivity contribution in [1.29, 1.82) is 0 Å². The molecule has 21 heavy (non-hydrogen) atoms. The van der Waals surface area contributed by atoms with Crippen LogP contribution < -0.4 is 10.2 Å².